The van der Waals surface area contributed by atoms with Crippen molar-refractivity contribution >= 4 is 46.9 Å². The zero-order chi connectivity index (χ0) is 40.0. The van der Waals surface area contributed by atoms with Gasteiger partial charge in [-0.3, -0.25) is 14.7 Å². The highest BCUT2D eigenvalue weighted by Gasteiger charge is 2.35. The van der Waals surface area contributed by atoms with Crippen molar-refractivity contribution < 1.29 is 46.8 Å². The number of rotatable bonds is 14. The summed E-state index contributed by atoms with van der Waals surface area (Å²) < 4.78 is 54.2. The molecule has 1 aliphatic carbocycles. The number of hydrogen-bond donors (Lipinski definition) is 1. The number of pyridine rings is 1. The highest BCUT2D eigenvalue weighted by atomic mass is 35.5. The van der Waals surface area contributed by atoms with Crippen LogP contribution in [0.25, 0.3) is 0 Å². The molecule has 0 unspecified atom stereocenters. The maximum atomic E-state index is 13.9. The SMILES string of the molecule is COc1ccc(C(=O)O[C@@H](Cc2c(Cl)cncc2Cl)c2ccc(OC(F)F)c(OCC3CC3)c2)cc1NC(=O)CN1C[C@@H](C)N(C(=O)OC(C)(C)C)C[C@@H]1C. The molecular formula is C39H46Cl2F2N4O8. The van der Waals surface area contributed by atoms with E-state index in [2.05, 4.69) is 10.3 Å². The number of anilines is 1. The zero-order valence-electron chi connectivity index (χ0n) is 31.6. The maximum absolute atomic E-state index is 13.9. The number of ether oxygens (including phenoxy) is 5. The number of carbonyl (C=O) groups excluding carboxylic acids is 3. The van der Waals surface area contributed by atoms with Gasteiger partial charge in [-0.05, 0) is 94.8 Å². The van der Waals surface area contributed by atoms with Gasteiger partial charge in [-0.15, -0.1) is 0 Å². The van der Waals surface area contributed by atoms with Gasteiger partial charge in [0.1, 0.15) is 17.5 Å². The molecule has 0 bridgehead atoms. The first-order valence-corrected chi connectivity index (χ1v) is 18.7. The number of amides is 2. The Morgan fingerprint density at radius 3 is 2.29 bits per heavy atom. The molecule has 1 saturated heterocycles. The van der Waals surface area contributed by atoms with E-state index in [4.69, 9.17) is 46.9 Å². The fraction of sp³-hybridized carbons (Fsp3) is 0.487. The van der Waals surface area contributed by atoms with Crippen molar-refractivity contribution in [2.45, 2.75) is 84.3 Å². The average molecular weight is 808 g/mol. The summed E-state index contributed by atoms with van der Waals surface area (Å²) in [7, 11) is 1.44. The van der Waals surface area contributed by atoms with Crippen molar-refractivity contribution in [3.05, 3.63) is 75.5 Å². The number of halogens is 4. The Hall–Kier alpha value is -4.40. The number of methoxy groups -OCH3 is 1. The van der Waals surface area contributed by atoms with Crippen LogP contribution in [0.1, 0.15) is 75.0 Å². The van der Waals surface area contributed by atoms with E-state index in [1.807, 2.05) is 39.5 Å². The molecule has 2 amide bonds. The molecule has 5 rings (SSSR count). The highest BCUT2D eigenvalue weighted by molar-refractivity contribution is 6.35. The minimum Gasteiger partial charge on any atom is -0.495 e. The number of piperazine rings is 1. The van der Waals surface area contributed by atoms with Crippen molar-refractivity contribution in [3.8, 4) is 17.2 Å². The first-order chi connectivity index (χ1) is 26.0. The summed E-state index contributed by atoms with van der Waals surface area (Å²) in [6, 6.07) is 8.44. The average Bonchev–Trinajstić information content (AvgIpc) is 3.94. The van der Waals surface area contributed by atoms with Gasteiger partial charge in [-0.2, -0.15) is 8.78 Å². The van der Waals surface area contributed by atoms with Gasteiger partial charge < -0.3 is 33.9 Å². The van der Waals surface area contributed by atoms with Crippen molar-refractivity contribution in [1.29, 1.82) is 0 Å². The van der Waals surface area contributed by atoms with Crippen molar-refractivity contribution in [1.82, 2.24) is 14.8 Å². The van der Waals surface area contributed by atoms with Crippen LogP contribution in [0.4, 0.5) is 19.3 Å². The van der Waals surface area contributed by atoms with E-state index >= 15 is 0 Å². The van der Waals surface area contributed by atoms with E-state index in [0.29, 0.717) is 42.5 Å². The Labute approximate surface area is 329 Å². The molecule has 3 atom stereocenters. The van der Waals surface area contributed by atoms with Crippen LogP contribution in [0.5, 0.6) is 17.2 Å². The molecule has 2 heterocycles. The molecule has 0 radical (unpaired) electrons. The van der Waals surface area contributed by atoms with Crippen LogP contribution in [0.3, 0.4) is 0 Å². The lowest BCUT2D eigenvalue weighted by atomic mass is 10.0. The molecule has 0 spiro atoms. The number of benzene rings is 2. The van der Waals surface area contributed by atoms with E-state index in [1.165, 1.54) is 55.9 Å². The maximum Gasteiger partial charge on any atom is 0.410 e. The molecule has 16 heteroatoms. The van der Waals surface area contributed by atoms with Crippen LogP contribution in [-0.4, -0.2) is 90.4 Å². The minimum absolute atomic E-state index is 0.000584. The lowest BCUT2D eigenvalue weighted by Gasteiger charge is -2.43. The molecule has 1 aliphatic heterocycles. The van der Waals surface area contributed by atoms with Crippen LogP contribution in [0, 0.1) is 5.92 Å². The number of nitrogens with zero attached hydrogens (tertiary/aromatic N) is 3. The van der Waals surface area contributed by atoms with Crippen molar-refractivity contribution in [2.24, 2.45) is 5.92 Å². The van der Waals surface area contributed by atoms with Gasteiger partial charge in [-0.1, -0.05) is 29.3 Å². The Kier molecular flexibility index (Phi) is 13.7. The number of esters is 1. The van der Waals surface area contributed by atoms with Crippen LogP contribution < -0.4 is 19.5 Å². The third-order valence-electron chi connectivity index (χ3n) is 9.12. The van der Waals surface area contributed by atoms with Crippen LogP contribution in [-0.2, 0) is 20.7 Å². The Morgan fingerprint density at radius 1 is 0.964 bits per heavy atom. The van der Waals surface area contributed by atoms with E-state index < -0.39 is 30.4 Å². The number of aromatic nitrogens is 1. The van der Waals surface area contributed by atoms with Crippen molar-refractivity contribution in [2.75, 3.05) is 38.7 Å². The monoisotopic (exact) mass is 806 g/mol. The number of nitrogens with one attached hydrogen (secondary N) is 1. The quantitative estimate of drug-likeness (QED) is 0.159. The van der Waals surface area contributed by atoms with Gasteiger partial charge >= 0.3 is 18.7 Å². The lowest BCUT2D eigenvalue weighted by molar-refractivity contribution is -0.118. The summed E-state index contributed by atoms with van der Waals surface area (Å²) in [6.07, 6.45) is 3.33. The molecule has 2 aromatic carbocycles. The summed E-state index contributed by atoms with van der Waals surface area (Å²) in [5.41, 5.74) is 0.538. The summed E-state index contributed by atoms with van der Waals surface area (Å²) in [4.78, 5) is 47.7. The molecule has 298 valence electrons. The minimum atomic E-state index is -3.08. The van der Waals surface area contributed by atoms with E-state index in [1.54, 1.807) is 4.90 Å². The first kappa shape index (κ1) is 41.8. The number of carbonyl (C=O) groups is 3. The van der Waals surface area contributed by atoms with Crippen LogP contribution in [0.2, 0.25) is 10.0 Å². The summed E-state index contributed by atoms with van der Waals surface area (Å²) in [5, 5.41) is 3.32. The third kappa shape index (κ3) is 11.6. The molecular weight excluding hydrogens is 761 g/mol. The van der Waals surface area contributed by atoms with Gasteiger partial charge in [-0.25, -0.2) is 9.59 Å². The van der Waals surface area contributed by atoms with Crippen LogP contribution in [0.15, 0.2) is 48.8 Å². The second-order valence-electron chi connectivity index (χ2n) is 14.7. The van der Waals surface area contributed by atoms with Crippen molar-refractivity contribution in [3.63, 3.8) is 0 Å². The number of alkyl halides is 2. The van der Waals surface area contributed by atoms with Crippen LogP contribution >= 0.6 is 23.2 Å². The Morgan fingerprint density at radius 2 is 1.65 bits per heavy atom. The Bertz CT molecular complexity index is 1840. The predicted octanol–water partition coefficient (Wildman–Crippen LogP) is 8.20. The molecule has 1 aromatic heterocycles. The lowest BCUT2D eigenvalue weighted by Crippen LogP contribution is -2.59. The molecule has 2 fully saturated rings. The zero-order valence-corrected chi connectivity index (χ0v) is 33.1. The molecule has 1 N–H and O–H groups in total. The molecule has 55 heavy (non-hydrogen) atoms. The molecule has 12 nitrogen and oxygen atoms in total. The third-order valence-corrected chi connectivity index (χ3v) is 9.77. The summed E-state index contributed by atoms with van der Waals surface area (Å²) >= 11 is 12.9. The molecule has 2 aliphatic rings. The van der Waals surface area contributed by atoms with Gasteiger partial charge in [0, 0.05) is 44.0 Å². The normalized spacial score (nSPS) is 18.1. The van der Waals surface area contributed by atoms with Gasteiger partial charge in [0.25, 0.3) is 0 Å². The standard InChI is InChI=1S/C39H46Cl2F2N4O8/c1-22-19-47(38(50)55-39(3,4)5)23(2)18-46(22)20-35(48)45-30-13-26(10-11-31(30)51-6)36(49)53-33(15-27-28(40)16-44-17-29(27)41)25-9-12-32(54-37(42)43)34(14-25)52-21-24-7-8-24/h9-14,16-17,22-24,33,37H,7-8,15,18-21H2,1-6H3,(H,45,48)/t22-,23+,33-/m0/s1. The van der Waals surface area contributed by atoms with E-state index in [9.17, 15) is 23.2 Å². The van der Waals surface area contributed by atoms with E-state index in [0.717, 1.165) is 12.8 Å². The fourth-order valence-corrected chi connectivity index (χ4v) is 6.59. The highest BCUT2D eigenvalue weighted by Crippen LogP contribution is 2.38. The Balaban J connectivity index is 1.34. The molecule has 3 aromatic rings. The first-order valence-electron chi connectivity index (χ1n) is 17.9. The smallest absolute Gasteiger partial charge is 0.410 e. The second kappa shape index (κ2) is 18.0. The topological polar surface area (TPSA) is 129 Å². The van der Waals surface area contributed by atoms with Gasteiger partial charge in [0.05, 0.1) is 41.6 Å². The second-order valence-corrected chi connectivity index (χ2v) is 15.6. The van der Waals surface area contributed by atoms with E-state index in [-0.39, 0.29) is 63.8 Å². The predicted molar refractivity (Wildman–Crippen MR) is 202 cm³/mol. The fourth-order valence-electron chi connectivity index (χ4n) is 6.07. The number of hydrogen-bond acceptors (Lipinski definition) is 10. The summed E-state index contributed by atoms with van der Waals surface area (Å²) in [5.74, 6) is -0.593. The summed E-state index contributed by atoms with van der Waals surface area (Å²) in [6.45, 7) is 7.32. The largest absolute Gasteiger partial charge is 0.495 e. The molecule has 1 saturated carbocycles. The van der Waals surface area contributed by atoms with Gasteiger partial charge in [0.15, 0.2) is 11.5 Å². The van der Waals surface area contributed by atoms with Gasteiger partial charge in [0.2, 0.25) is 5.91 Å².